The molecule has 128 valence electrons. The SMILES string of the molecule is C[C@@H](O)[C@@H]1CCN(C(=O)NCc2c(F)cccc2OC(F)F)C1. The van der Waals surface area contributed by atoms with Gasteiger partial charge in [0, 0.05) is 24.6 Å². The zero-order valence-electron chi connectivity index (χ0n) is 12.6. The summed E-state index contributed by atoms with van der Waals surface area (Å²) in [5.74, 6) is -1.03. The van der Waals surface area contributed by atoms with Crippen LogP contribution in [0.5, 0.6) is 5.75 Å². The Morgan fingerprint density at radius 3 is 2.87 bits per heavy atom. The van der Waals surface area contributed by atoms with Gasteiger partial charge < -0.3 is 20.1 Å². The number of benzene rings is 1. The predicted octanol–water partition coefficient (Wildman–Crippen LogP) is 2.34. The van der Waals surface area contributed by atoms with Crippen molar-refractivity contribution in [1.29, 1.82) is 0 Å². The maximum atomic E-state index is 13.8. The molecule has 2 rings (SSSR count). The predicted molar refractivity (Wildman–Crippen MR) is 76.6 cm³/mol. The maximum absolute atomic E-state index is 13.8. The second kappa shape index (κ2) is 7.54. The third-order valence-corrected chi connectivity index (χ3v) is 3.90. The van der Waals surface area contributed by atoms with Crippen LogP contribution in [0, 0.1) is 11.7 Å². The Morgan fingerprint density at radius 2 is 2.26 bits per heavy atom. The van der Waals surface area contributed by atoms with Crippen LogP contribution in [-0.2, 0) is 6.54 Å². The number of hydrogen-bond donors (Lipinski definition) is 2. The first-order chi connectivity index (χ1) is 10.9. The van der Waals surface area contributed by atoms with E-state index in [1.807, 2.05) is 0 Å². The number of ether oxygens (including phenoxy) is 1. The first-order valence-electron chi connectivity index (χ1n) is 7.31. The van der Waals surface area contributed by atoms with Gasteiger partial charge in [-0.3, -0.25) is 0 Å². The van der Waals surface area contributed by atoms with Gasteiger partial charge in [0.2, 0.25) is 0 Å². The van der Waals surface area contributed by atoms with E-state index >= 15 is 0 Å². The highest BCUT2D eigenvalue weighted by molar-refractivity contribution is 5.74. The minimum Gasteiger partial charge on any atom is -0.434 e. The maximum Gasteiger partial charge on any atom is 0.387 e. The number of likely N-dealkylation sites (tertiary alicyclic amines) is 1. The van der Waals surface area contributed by atoms with E-state index in [1.165, 1.54) is 17.0 Å². The highest BCUT2D eigenvalue weighted by Crippen LogP contribution is 2.24. The smallest absolute Gasteiger partial charge is 0.387 e. The van der Waals surface area contributed by atoms with E-state index in [9.17, 15) is 23.1 Å². The lowest BCUT2D eigenvalue weighted by atomic mass is 10.0. The van der Waals surface area contributed by atoms with Crippen molar-refractivity contribution in [3.05, 3.63) is 29.6 Å². The number of rotatable bonds is 5. The van der Waals surface area contributed by atoms with Crippen LogP contribution in [0.15, 0.2) is 18.2 Å². The van der Waals surface area contributed by atoms with Gasteiger partial charge in [-0.15, -0.1) is 0 Å². The average Bonchev–Trinajstić information content (AvgIpc) is 2.96. The van der Waals surface area contributed by atoms with Gasteiger partial charge in [0.05, 0.1) is 12.6 Å². The quantitative estimate of drug-likeness (QED) is 0.870. The zero-order chi connectivity index (χ0) is 17.0. The van der Waals surface area contributed by atoms with Crippen LogP contribution in [0.2, 0.25) is 0 Å². The van der Waals surface area contributed by atoms with E-state index in [2.05, 4.69) is 10.1 Å². The van der Waals surface area contributed by atoms with Crippen molar-refractivity contribution in [3.63, 3.8) is 0 Å². The molecule has 8 heteroatoms. The number of carbonyl (C=O) groups excluding carboxylic acids is 1. The number of aliphatic hydroxyl groups excluding tert-OH is 1. The molecule has 2 atom stereocenters. The Bertz CT molecular complexity index is 555. The Kier molecular flexibility index (Phi) is 5.70. The molecule has 0 aliphatic carbocycles. The number of hydrogen-bond acceptors (Lipinski definition) is 3. The molecule has 0 radical (unpaired) electrons. The topological polar surface area (TPSA) is 61.8 Å². The molecule has 1 saturated heterocycles. The molecule has 2 amide bonds. The monoisotopic (exact) mass is 332 g/mol. The molecule has 1 heterocycles. The van der Waals surface area contributed by atoms with E-state index in [0.29, 0.717) is 19.5 Å². The lowest BCUT2D eigenvalue weighted by Gasteiger charge is -2.19. The molecular weight excluding hydrogens is 313 g/mol. The molecule has 5 nitrogen and oxygen atoms in total. The van der Waals surface area contributed by atoms with Crippen LogP contribution in [0.1, 0.15) is 18.9 Å². The normalized spacial score (nSPS) is 19.0. The molecule has 1 aliphatic heterocycles. The molecule has 0 saturated carbocycles. The second-order valence-electron chi connectivity index (χ2n) is 5.49. The second-order valence-corrected chi connectivity index (χ2v) is 5.49. The van der Waals surface area contributed by atoms with Gasteiger partial charge in [-0.2, -0.15) is 8.78 Å². The van der Waals surface area contributed by atoms with Gasteiger partial charge >= 0.3 is 12.6 Å². The Hall–Kier alpha value is -1.96. The standard InChI is InChI=1S/C15H19F3N2O3/c1-9(21)10-5-6-20(8-10)15(22)19-7-11-12(16)3-2-4-13(11)23-14(17)18/h2-4,9-10,14,21H,5-8H2,1H3,(H,19,22)/t9-,10-/m1/s1. The molecule has 1 aromatic rings. The fourth-order valence-electron chi connectivity index (χ4n) is 2.56. The molecule has 23 heavy (non-hydrogen) atoms. The van der Waals surface area contributed by atoms with E-state index in [1.54, 1.807) is 6.92 Å². The van der Waals surface area contributed by atoms with Gasteiger partial charge in [-0.25, -0.2) is 9.18 Å². The van der Waals surface area contributed by atoms with E-state index in [4.69, 9.17) is 0 Å². The number of alkyl halides is 2. The summed E-state index contributed by atoms with van der Waals surface area (Å²) in [6.45, 7) is -0.778. The van der Waals surface area contributed by atoms with Gasteiger partial charge in [0.1, 0.15) is 11.6 Å². The summed E-state index contributed by atoms with van der Waals surface area (Å²) in [6.07, 6.45) is 0.176. The van der Waals surface area contributed by atoms with Gasteiger partial charge in [0.25, 0.3) is 0 Å². The first kappa shape index (κ1) is 17.4. The Morgan fingerprint density at radius 1 is 1.52 bits per heavy atom. The highest BCUT2D eigenvalue weighted by atomic mass is 19.3. The van der Waals surface area contributed by atoms with Crippen LogP contribution < -0.4 is 10.1 Å². The van der Waals surface area contributed by atoms with Gasteiger partial charge in [-0.05, 0) is 25.5 Å². The van der Waals surface area contributed by atoms with E-state index in [0.717, 1.165) is 6.07 Å². The van der Waals surface area contributed by atoms with Crippen LogP contribution in [0.4, 0.5) is 18.0 Å². The molecule has 0 bridgehead atoms. The molecule has 0 aromatic heterocycles. The fraction of sp³-hybridized carbons (Fsp3) is 0.533. The van der Waals surface area contributed by atoms with E-state index in [-0.39, 0.29) is 23.8 Å². The van der Waals surface area contributed by atoms with Crippen molar-refractivity contribution < 1.29 is 27.8 Å². The number of nitrogens with zero attached hydrogens (tertiary/aromatic N) is 1. The number of halogens is 3. The summed E-state index contributed by atoms with van der Waals surface area (Å²) in [4.78, 5) is 13.6. The number of nitrogens with one attached hydrogen (secondary N) is 1. The number of amides is 2. The molecule has 1 aliphatic rings. The summed E-state index contributed by atoms with van der Waals surface area (Å²) in [7, 11) is 0. The van der Waals surface area contributed by atoms with Crippen molar-refractivity contribution in [2.24, 2.45) is 5.92 Å². The number of aliphatic hydroxyl groups is 1. The third-order valence-electron chi connectivity index (χ3n) is 3.90. The van der Waals surface area contributed by atoms with Crippen molar-refractivity contribution in [3.8, 4) is 5.75 Å². The van der Waals surface area contributed by atoms with Crippen molar-refractivity contribution in [2.75, 3.05) is 13.1 Å². The van der Waals surface area contributed by atoms with Crippen LogP contribution in [0.3, 0.4) is 0 Å². The summed E-state index contributed by atoms with van der Waals surface area (Å²) in [5, 5.41) is 12.0. The lowest BCUT2D eigenvalue weighted by Crippen LogP contribution is -2.39. The van der Waals surface area contributed by atoms with Crippen LogP contribution in [-0.4, -0.2) is 41.8 Å². The Balaban J connectivity index is 1.97. The zero-order valence-corrected chi connectivity index (χ0v) is 12.6. The van der Waals surface area contributed by atoms with Gasteiger partial charge in [0.15, 0.2) is 0 Å². The molecule has 0 spiro atoms. The van der Waals surface area contributed by atoms with Crippen LogP contribution >= 0.6 is 0 Å². The molecule has 0 unspecified atom stereocenters. The summed E-state index contributed by atoms with van der Waals surface area (Å²) in [6, 6.07) is 3.15. The molecule has 1 fully saturated rings. The number of urea groups is 1. The highest BCUT2D eigenvalue weighted by Gasteiger charge is 2.29. The Labute approximate surface area is 132 Å². The average molecular weight is 332 g/mol. The minimum absolute atomic E-state index is 0.00643. The minimum atomic E-state index is -3.07. The van der Waals surface area contributed by atoms with Crippen molar-refractivity contribution in [2.45, 2.75) is 32.6 Å². The molecule has 1 aromatic carbocycles. The largest absolute Gasteiger partial charge is 0.434 e. The molecule has 2 N–H and O–H groups in total. The molecular formula is C15H19F3N2O3. The third kappa shape index (κ3) is 4.51. The van der Waals surface area contributed by atoms with Crippen LogP contribution in [0.25, 0.3) is 0 Å². The lowest BCUT2D eigenvalue weighted by molar-refractivity contribution is -0.0506. The summed E-state index contributed by atoms with van der Waals surface area (Å²) >= 11 is 0. The van der Waals surface area contributed by atoms with Crippen molar-refractivity contribution >= 4 is 6.03 Å². The van der Waals surface area contributed by atoms with Gasteiger partial charge in [-0.1, -0.05) is 6.07 Å². The summed E-state index contributed by atoms with van der Waals surface area (Å²) in [5.41, 5.74) is -0.132. The number of carbonyl (C=O) groups is 1. The summed E-state index contributed by atoms with van der Waals surface area (Å²) < 4.78 is 42.7. The van der Waals surface area contributed by atoms with E-state index < -0.39 is 24.6 Å². The van der Waals surface area contributed by atoms with Crippen molar-refractivity contribution in [1.82, 2.24) is 10.2 Å². The fourth-order valence-corrected chi connectivity index (χ4v) is 2.56. The first-order valence-corrected chi connectivity index (χ1v) is 7.31.